The minimum absolute atomic E-state index is 0.0194. The van der Waals surface area contributed by atoms with Crippen LogP contribution in [0.1, 0.15) is 41.6 Å². The van der Waals surface area contributed by atoms with E-state index in [-0.39, 0.29) is 11.8 Å². The Kier molecular flexibility index (Phi) is 5.08. The number of aromatic amines is 1. The first kappa shape index (κ1) is 18.5. The number of aryl methyl sites for hydroxylation is 1. The van der Waals surface area contributed by atoms with Crippen molar-refractivity contribution in [1.29, 1.82) is 0 Å². The summed E-state index contributed by atoms with van der Waals surface area (Å²) in [7, 11) is 0. The fourth-order valence-corrected chi connectivity index (χ4v) is 4.09. The van der Waals surface area contributed by atoms with Crippen molar-refractivity contribution in [3.8, 4) is 0 Å². The maximum absolute atomic E-state index is 12.6. The van der Waals surface area contributed by atoms with E-state index < -0.39 is 5.54 Å². The van der Waals surface area contributed by atoms with Crippen molar-refractivity contribution in [3.63, 3.8) is 0 Å². The Bertz CT molecular complexity index is 948. The summed E-state index contributed by atoms with van der Waals surface area (Å²) in [6.45, 7) is 2.37. The van der Waals surface area contributed by atoms with Crippen LogP contribution in [-0.2, 0) is 11.2 Å². The van der Waals surface area contributed by atoms with Gasteiger partial charge in [-0.25, -0.2) is 9.97 Å². The van der Waals surface area contributed by atoms with Crippen LogP contribution in [-0.4, -0.2) is 44.1 Å². The molecule has 0 radical (unpaired) electrons. The molecule has 2 amide bonds. The topological polar surface area (TPSA) is 113 Å². The highest BCUT2D eigenvalue weighted by molar-refractivity contribution is 7.19. The minimum Gasteiger partial charge on any atom is -0.349 e. The van der Waals surface area contributed by atoms with Gasteiger partial charge in [-0.1, -0.05) is 11.3 Å². The maximum Gasteiger partial charge on any atom is 0.280 e. The SMILES string of the molecule is CC(CNC(=O)c1nc2cccnc2s1)(NC(=O)CCc1cn[nH]c1)C1CC1. The number of thiazole rings is 1. The normalized spacial score (nSPS) is 15.9. The summed E-state index contributed by atoms with van der Waals surface area (Å²) >= 11 is 1.27. The second-order valence-corrected chi connectivity index (χ2v) is 8.35. The molecular weight excluding hydrogens is 376 g/mol. The van der Waals surface area contributed by atoms with Crippen LogP contribution in [0.5, 0.6) is 0 Å². The lowest BCUT2D eigenvalue weighted by Gasteiger charge is -2.31. The Morgan fingerprint density at radius 3 is 2.96 bits per heavy atom. The molecule has 3 aromatic rings. The van der Waals surface area contributed by atoms with Crippen molar-refractivity contribution in [2.75, 3.05) is 6.54 Å². The Hall–Kier alpha value is -2.81. The molecule has 0 saturated heterocycles. The number of pyridine rings is 1. The van der Waals surface area contributed by atoms with E-state index in [1.807, 2.05) is 13.0 Å². The van der Waals surface area contributed by atoms with Crippen LogP contribution in [0.2, 0.25) is 0 Å². The number of fused-ring (bicyclic) bond motifs is 1. The number of carbonyl (C=O) groups excluding carboxylic acids is 2. The molecule has 28 heavy (non-hydrogen) atoms. The summed E-state index contributed by atoms with van der Waals surface area (Å²) in [6, 6.07) is 3.64. The van der Waals surface area contributed by atoms with Gasteiger partial charge in [-0.05, 0) is 49.8 Å². The summed E-state index contributed by atoms with van der Waals surface area (Å²) < 4.78 is 0. The van der Waals surface area contributed by atoms with Gasteiger partial charge in [0.15, 0.2) is 5.01 Å². The number of nitrogens with zero attached hydrogens (tertiary/aromatic N) is 3. The summed E-state index contributed by atoms with van der Waals surface area (Å²) in [6.07, 6.45) is 8.33. The first-order valence-electron chi connectivity index (χ1n) is 9.32. The van der Waals surface area contributed by atoms with Crippen molar-refractivity contribution < 1.29 is 9.59 Å². The van der Waals surface area contributed by atoms with Crippen LogP contribution >= 0.6 is 11.3 Å². The number of aromatic nitrogens is 4. The molecule has 9 heteroatoms. The first-order chi connectivity index (χ1) is 13.5. The predicted molar refractivity (Wildman–Crippen MR) is 106 cm³/mol. The molecule has 3 aromatic heterocycles. The molecule has 0 spiro atoms. The largest absolute Gasteiger partial charge is 0.349 e. The molecule has 8 nitrogen and oxygen atoms in total. The fraction of sp³-hybridized carbons (Fsp3) is 0.421. The van der Waals surface area contributed by atoms with Gasteiger partial charge in [0, 0.05) is 25.4 Å². The van der Waals surface area contributed by atoms with E-state index in [4.69, 9.17) is 0 Å². The predicted octanol–water partition coefficient (Wildman–Crippen LogP) is 2.06. The molecular formula is C19H22N6O2S. The maximum atomic E-state index is 12.6. The number of amides is 2. The van der Waals surface area contributed by atoms with Gasteiger partial charge in [0.05, 0.1) is 11.7 Å². The molecule has 3 N–H and O–H groups in total. The zero-order valence-electron chi connectivity index (χ0n) is 15.6. The number of rotatable bonds is 8. The van der Waals surface area contributed by atoms with Gasteiger partial charge in [0.2, 0.25) is 5.91 Å². The van der Waals surface area contributed by atoms with Crippen LogP contribution in [0.25, 0.3) is 10.3 Å². The average Bonchev–Trinajstić information content (AvgIpc) is 3.26. The summed E-state index contributed by atoms with van der Waals surface area (Å²) in [4.78, 5) is 34.3. The lowest BCUT2D eigenvalue weighted by Crippen LogP contribution is -2.55. The highest BCUT2D eigenvalue weighted by Crippen LogP contribution is 2.39. The zero-order chi connectivity index (χ0) is 19.6. The lowest BCUT2D eigenvalue weighted by molar-refractivity contribution is -0.123. The highest BCUT2D eigenvalue weighted by atomic mass is 32.1. The number of carbonyl (C=O) groups is 2. The summed E-state index contributed by atoms with van der Waals surface area (Å²) in [5.41, 5.74) is 1.26. The molecule has 3 heterocycles. The minimum atomic E-state index is -0.460. The van der Waals surface area contributed by atoms with Gasteiger partial charge in [0.1, 0.15) is 10.3 Å². The van der Waals surface area contributed by atoms with Crippen LogP contribution in [0.3, 0.4) is 0 Å². The third-order valence-corrected chi connectivity index (χ3v) is 6.05. The molecule has 146 valence electrons. The van der Waals surface area contributed by atoms with Crippen LogP contribution in [0, 0.1) is 5.92 Å². The molecule has 1 unspecified atom stereocenters. The van der Waals surface area contributed by atoms with Crippen LogP contribution in [0.4, 0.5) is 0 Å². The zero-order valence-corrected chi connectivity index (χ0v) is 16.4. The van der Waals surface area contributed by atoms with Crippen molar-refractivity contribution in [2.24, 2.45) is 5.92 Å². The second kappa shape index (κ2) is 7.67. The van der Waals surface area contributed by atoms with Crippen molar-refractivity contribution in [2.45, 2.75) is 38.1 Å². The molecule has 4 rings (SSSR count). The molecule has 1 fully saturated rings. The van der Waals surface area contributed by atoms with Crippen molar-refractivity contribution >= 4 is 33.5 Å². The molecule has 0 aromatic carbocycles. The second-order valence-electron chi connectivity index (χ2n) is 7.38. The molecule has 0 aliphatic heterocycles. The fourth-order valence-electron chi connectivity index (χ4n) is 3.27. The van der Waals surface area contributed by atoms with E-state index in [0.717, 1.165) is 28.8 Å². The van der Waals surface area contributed by atoms with Gasteiger partial charge < -0.3 is 10.6 Å². The van der Waals surface area contributed by atoms with Gasteiger partial charge in [-0.2, -0.15) is 5.10 Å². The quantitative estimate of drug-likeness (QED) is 0.538. The van der Waals surface area contributed by atoms with Crippen LogP contribution in [0.15, 0.2) is 30.7 Å². The number of H-pyrrole nitrogens is 1. The summed E-state index contributed by atoms with van der Waals surface area (Å²) in [5, 5.41) is 13.1. The van der Waals surface area contributed by atoms with E-state index in [9.17, 15) is 9.59 Å². The monoisotopic (exact) mass is 398 g/mol. The van der Waals surface area contributed by atoms with E-state index in [1.54, 1.807) is 24.7 Å². The number of hydrogen-bond acceptors (Lipinski definition) is 6. The van der Waals surface area contributed by atoms with Crippen molar-refractivity contribution in [1.82, 2.24) is 30.8 Å². The Labute approximate surface area is 166 Å². The van der Waals surface area contributed by atoms with Crippen molar-refractivity contribution in [3.05, 3.63) is 41.3 Å². The van der Waals surface area contributed by atoms with Crippen LogP contribution < -0.4 is 10.6 Å². The molecule has 0 bridgehead atoms. The van der Waals surface area contributed by atoms with E-state index in [2.05, 4.69) is 30.8 Å². The molecule has 1 atom stereocenters. The lowest BCUT2D eigenvalue weighted by atomic mass is 9.95. The van der Waals surface area contributed by atoms with Gasteiger partial charge in [-0.3, -0.25) is 14.7 Å². The van der Waals surface area contributed by atoms with E-state index in [0.29, 0.717) is 30.3 Å². The summed E-state index contributed by atoms with van der Waals surface area (Å²) in [5.74, 6) is 0.124. The highest BCUT2D eigenvalue weighted by Gasteiger charge is 2.42. The Balaban J connectivity index is 1.35. The van der Waals surface area contributed by atoms with E-state index >= 15 is 0 Å². The molecule has 1 saturated carbocycles. The third kappa shape index (κ3) is 4.19. The molecule has 1 aliphatic carbocycles. The Morgan fingerprint density at radius 1 is 1.39 bits per heavy atom. The van der Waals surface area contributed by atoms with Gasteiger partial charge in [-0.15, -0.1) is 0 Å². The first-order valence-corrected chi connectivity index (χ1v) is 10.1. The van der Waals surface area contributed by atoms with E-state index in [1.165, 1.54) is 11.3 Å². The van der Waals surface area contributed by atoms with Gasteiger partial charge in [0.25, 0.3) is 5.91 Å². The third-order valence-electron chi connectivity index (χ3n) is 5.08. The average molecular weight is 398 g/mol. The smallest absolute Gasteiger partial charge is 0.280 e. The Morgan fingerprint density at radius 2 is 2.25 bits per heavy atom. The standard InChI is InChI=1S/C19H22N6O2S/c1-19(13-5-6-13,25-15(26)7-4-12-9-22-23-10-12)11-21-16(27)18-24-14-3-2-8-20-17(14)28-18/h2-3,8-10,13H,4-7,11H2,1H3,(H,21,27)(H,22,23)(H,25,26). The number of nitrogens with one attached hydrogen (secondary N) is 3. The number of hydrogen-bond donors (Lipinski definition) is 3. The molecule has 1 aliphatic rings. The van der Waals surface area contributed by atoms with Gasteiger partial charge >= 0.3 is 0 Å².